The van der Waals surface area contributed by atoms with Crippen molar-refractivity contribution in [3.63, 3.8) is 0 Å². The number of piperidine rings is 1. The van der Waals surface area contributed by atoms with Gasteiger partial charge in [-0.1, -0.05) is 29.8 Å². The van der Waals surface area contributed by atoms with E-state index in [0.29, 0.717) is 48.5 Å². The molecule has 0 atom stereocenters. The first-order chi connectivity index (χ1) is 21.5. The van der Waals surface area contributed by atoms with Crippen LogP contribution < -0.4 is 15.0 Å². The number of ether oxygens (including phenoxy) is 1. The van der Waals surface area contributed by atoms with E-state index in [0.717, 1.165) is 21.7 Å². The molecule has 232 valence electrons. The number of carboxylic acid groups (broad SMARTS) is 1. The van der Waals surface area contributed by atoms with Crippen molar-refractivity contribution in [1.29, 1.82) is 0 Å². The van der Waals surface area contributed by atoms with Crippen LogP contribution in [-0.2, 0) is 10.0 Å². The van der Waals surface area contributed by atoms with E-state index in [9.17, 15) is 22.0 Å². The Morgan fingerprint density at radius 3 is 2.33 bits per heavy atom. The molecule has 1 aliphatic rings. The van der Waals surface area contributed by atoms with Crippen molar-refractivity contribution in [1.82, 2.24) is 19.3 Å². The van der Waals surface area contributed by atoms with Crippen LogP contribution in [-0.4, -0.2) is 59.8 Å². The minimum Gasteiger partial charge on any atom is -0.481 e. The number of nitrogens with zero attached hydrogens (tertiary/aromatic N) is 4. The number of anilines is 1. The highest BCUT2D eigenvalue weighted by molar-refractivity contribution is 7.90. The lowest BCUT2D eigenvalue weighted by Crippen LogP contribution is -2.44. The fraction of sp³-hybridized carbons (Fsp3) is 0.219. The lowest BCUT2D eigenvalue weighted by molar-refractivity contribution is 0.187. The molecule has 10 nitrogen and oxygen atoms in total. The first-order valence-corrected chi connectivity index (χ1v) is 15.6. The van der Waals surface area contributed by atoms with Gasteiger partial charge in [0.15, 0.2) is 0 Å². The van der Waals surface area contributed by atoms with Gasteiger partial charge in [0.25, 0.3) is 10.0 Å². The Morgan fingerprint density at radius 2 is 1.69 bits per heavy atom. The van der Waals surface area contributed by atoms with Crippen LogP contribution in [0, 0.1) is 18.6 Å². The van der Waals surface area contributed by atoms with Crippen LogP contribution >= 0.6 is 0 Å². The van der Waals surface area contributed by atoms with Crippen molar-refractivity contribution in [2.75, 3.05) is 25.1 Å². The van der Waals surface area contributed by atoms with Gasteiger partial charge in [-0.2, -0.15) is 4.98 Å². The summed E-state index contributed by atoms with van der Waals surface area (Å²) in [5.74, 6) is -0.972. The van der Waals surface area contributed by atoms with Gasteiger partial charge >= 0.3 is 6.09 Å². The quantitative estimate of drug-likeness (QED) is 0.229. The third-order valence-corrected chi connectivity index (χ3v) is 9.57. The molecule has 2 aromatic heterocycles. The summed E-state index contributed by atoms with van der Waals surface area (Å²) in [6.07, 6.45) is 1.43. The summed E-state index contributed by atoms with van der Waals surface area (Å²) in [6, 6.07) is 16.0. The van der Waals surface area contributed by atoms with E-state index in [2.05, 4.69) is 10.3 Å². The molecule has 0 saturated carbocycles. The second kappa shape index (κ2) is 11.8. The molecular weight excluding hydrogens is 604 g/mol. The number of benzene rings is 3. The Kier molecular flexibility index (Phi) is 7.87. The van der Waals surface area contributed by atoms with E-state index < -0.39 is 27.8 Å². The second-order valence-electron chi connectivity index (χ2n) is 10.8. The number of aryl methyl sites for hydroxylation is 1. The van der Waals surface area contributed by atoms with Gasteiger partial charge in [0.05, 0.1) is 28.8 Å². The molecule has 3 aromatic carbocycles. The molecule has 5 aromatic rings. The average Bonchev–Trinajstić information content (AvgIpc) is 3.41. The monoisotopic (exact) mass is 633 g/mol. The van der Waals surface area contributed by atoms with Gasteiger partial charge in [-0.3, -0.25) is 0 Å². The summed E-state index contributed by atoms with van der Waals surface area (Å²) in [7, 11) is -2.65. The summed E-state index contributed by atoms with van der Waals surface area (Å²) >= 11 is 0. The van der Waals surface area contributed by atoms with Gasteiger partial charge in [0.2, 0.25) is 11.8 Å². The number of methoxy groups -OCH3 is 1. The van der Waals surface area contributed by atoms with Crippen molar-refractivity contribution >= 4 is 33.0 Å². The molecule has 1 fully saturated rings. The van der Waals surface area contributed by atoms with Crippen LogP contribution in [0.4, 0.5) is 19.5 Å². The van der Waals surface area contributed by atoms with Crippen molar-refractivity contribution in [3.05, 3.63) is 90.1 Å². The Morgan fingerprint density at radius 1 is 1.00 bits per heavy atom. The van der Waals surface area contributed by atoms with Crippen molar-refractivity contribution < 1.29 is 31.8 Å². The van der Waals surface area contributed by atoms with E-state index >= 15 is 0 Å². The van der Waals surface area contributed by atoms with Crippen molar-refractivity contribution in [3.8, 4) is 28.3 Å². The first kappa shape index (κ1) is 30.0. The van der Waals surface area contributed by atoms with Crippen LogP contribution in [0.1, 0.15) is 18.4 Å². The summed E-state index contributed by atoms with van der Waals surface area (Å²) in [5, 5.41) is 12.0. The maximum absolute atomic E-state index is 14.8. The lowest BCUT2D eigenvalue weighted by atomic mass is 10.0. The Balaban J connectivity index is 1.52. The van der Waals surface area contributed by atoms with Crippen LogP contribution in [0.3, 0.4) is 0 Å². The average molecular weight is 634 g/mol. The minimum atomic E-state index is -4.10. The van der Waals surface area contributed by atoms with Gasteiger partial charge in [-0.05, 0) is 61.7 Å². The SMILES string of the molecule is COc1cc(-c2cn(S(=O)(=O)c3ccc(C)cc3)c3ccc(-c4c(F)cccc4F)cc23)nc(N2CCC(NC(=O)O)CC2)n1. The van der Waals surface area contributed by atoms with Gasteiger partial charge < -0.3 is 20.1 Å². The van der Waals surface area contributed by atoms with E-state index in [4.69, 9.17) is 14.8 Å². The fourth-order valence-electron chi connectivity index (χ4n) is 5.55. The normalized spacial score (nSPS) is 14.1. The predicted molar refractivity (Wildman–Crippen MR) is 165 cm³/mol. The number of fused-ring (bicyclic) bond motifs is 1. The van der Waals surface area contributed by atoms with E-state index in [1.54, 1.807) is 24.3 Å². The third-order valence-electron chi connectivity index (χ3n) is 7.88. The Labute approximate surface area is 258 Å². The molecule has 45 heavy (non-hydrogen) atoms. The molecule has 13 heteroatoms. The Hall–Kier alpha value is -5.04. The minimum absolute atomic E-state index is 0.0690. The largest absolute Gasteiger partial charge is 0.481 e. The molecule has 1 saturated heterocycles. The number of aromatic nitrogens is 3. The number of nitrogens with one attached hydrogen (secondary N) is 1. The fourth-order valence-corrected chi connectivity index (χ4v) is 6.92. The number of rotatable bonds is 7. The van der Waals surface area contributed by atoms with Crippen LogP contribution in [0.5, 0.6) is 5.88 Å². The molecule has 0 radical (unpaired) electrons. The molecule has 2 N–H and O–H groups in total. The van der Waals surface area contributed by atoms with Crippen LogP contribution in [0.25, 0.3) is 33.3 Å². The summed E-state index contributed by atoms with van der Waals surface area (Å²) in [5.41, 5.74) is 1.87. The second-order valence-corrected chi connectivity index (χ2v) is 12.6. The number of carbonyl (C=O) groups is 1. The van der Waals surface area contributed by atoms with Gasteiger partial charge in [-0.25, -0.2) is 30.9 Å². The highest BCUT2D eigenvalue weighted by atomic mass is 32.2. The van der Waals surface area contributed by atoms with E-state index in [1.165, 1.54) is 43.6 Å². The van der Waals surface area contributed by atoms with Gasteiger partial charge in [-0.15, -0.1) is 0 Å². The maximum Gasteiger partial charge on any atom is 0.404 e. The van der Waals surface area contributed by atoms with Crippen LogP contribution in [0.15, 0.2) is 77.8 Å². The molecule has 3 heterocycles. The van der Waals surface area contributed by atoms with E-state index in [-0.39, 0.29) is 33.5 Å². The molecule has 0 aliphatic carbocycles. The molecule has 6 rings (SSSR count). The lowest BCUT2D eigenvalue weighted by Gasteiger charge is -2.32. The zero-order chi connectivity index (χ0) is 31.9. The van der Waals surface area contributed by atoms with Gasteiger partial charge in [0.1, 0.15) is 11.6 Å². The molecule has 1 amide bonds. The maximum atomic E-state index is 14.8. The van der Waals surface area contributed by atoms with Crippen molar-refractivity contribution in [2.24, 2.45) is 0 Å². The molecular formula is C32H29F2N5O5S. The topological polar surface area (TPSA) is 127 Å². The van der Waals surface area contributed by atoms with Crippen LogP contribution in [0.2, 0.25) is 0 Å². The first-order valence-electron chi connectivity index (χ1n) is 14.1. The molecule has 0 unspecified atom stereocenters. The zero-order valence-electron chi connectivity index (χ0n) is 24.4. The molecule has 1 aliphatic heterocycles. The smallest absolute Gasteiger partial charge is 0.404 e. The zero-order valence-corrected chi connectivity index (χ0v) is 25.2. The highest BCUT2D eigenvalue weighted by Crippen LogP contribution is 2.38. The number of hydrogen-bond acceptors (Lipinski definition) is 7. The van der Waals surface area contributed by atoms with Gasteiger partial charge in [0, 0.05) is 42.3 Å². The molecule has 0 spiro atoms. The summed E-state index contributed by atoms with van der Waals surface area (Å²) in [4.78, 5) is 22.3. The molecule has 0 bridgehead atoms. The predicted octanol–water partition coefficient (Wildman–Crippen LogP) is 5.83. The standard InChI is InChI=1S/C32H29F2N5O5S/c1-19-6-9-22(10-7-19)45(42,43)39-18-24(23-16-20(8-11-28(23)39)30-25(33)4-3-5-26(30)34)27-17-29(44-2)37-31(36-27)38-14-12-21(13-15-38)35-32(40)41/h3-11,16-18,21,35H,12-15H2,1-2H3,(H,40,41). The third kappa shape index (κ3) is 5.78. The summed E-state index contributed by atoms with van der Waals surface area (Å²) in [6.45, 7) is 2.80. The summed E-state index contributed by atoms with van der Waals surface area (Å²) < 4.78 is 64.2. The van der Waals surface area contributed by atoms with Crippen molar-refractivity contribution in [2.45, 2.75) is 30.7 Å². The number of halogens is 2. The Bertz CT molecular complexity index is 2000. The highest BCUT2D eigenvalue weighted by Gasteiger charge is 2.26. The number of hydrogen-bond donors (Lipinski definition) is 2. The number of amides is 1. The van der Waals surface area contributed by atoms with E-state index in [1.807, 2.05) is 11.8 Å².